The molecule has 0 aliphatic heterocycles. The molecule has 0 amide bonds. The van der Waals surface area contributed by atoms with Gasteiger partial charge in [-0.25, -0.2) is 0 Å². The minimum atomic E-state index is -0.190. The number of hydrogen-bond acceptors (Lipinski definition) is 5. The Hall–Kier alpha value is -0.200. The normalized spacial score (nSPS) is 26.1. The molecule has 0 aromatic heterocycles. The second kappa shape index (κ2) is 12.4. The summed E-state index contributed by atoms with van der Waals surface area (Å²) < 4.78 is 21.9. The van der Waals surface area contributed by atoms with Crippen LogP contribution in [-0.2, 0) is 18.9 Å². The zero-order chi connectivity index (χ0) is 15.3. The van der Waals surface area contributed by atoms with Gasteiger partial charge in [0.2, 0.25) is 0 Å². The fourth-order valence-corrected chi connectivity index (χ4v) is 2.72. The highest BCUT2D eigenvalue weighted by atomic mass is 16.5. The maximum atomic E-state index is 9.84. The molecule has 5 heteroatoms. The van der Waals surface area contributed by atoms with Crippen LogP contribution in [0.2, 0.25) is 0 Å². The molecule has 0 aromatic rings. The van der Waals surface area contributed by atoms with E-state index in [1.165, 1.54) is 0 Å². The highest BCUT2D eigenvalue weighted by Crippen LogP contribution is 2.30. The number of aliphatic hydroxyl groups is 1. The zero-order valence-electron chi connectivity index (χ0n) is 13.6. The van der Waals surface area contributed by atoms with Gasteiger partial charge in [0.15, 0.2) is 0 Å². The molecule has 126 valence electrons. The second-order valence-electron chi connectivity index (χ2n) is 5.53. The Balaban J connectivity index is 2.19. The van der Waals surface area contributed by atoms with Gasteiger partial charge in [0.25, 0.3) is 0 Å². The summed E-state index contributed by atoms with van der Waals surface area (Å²) in [6.07, 6.45) is 2.50. The van der Waals surface area contributed by atoms with Crippen molar-refractivity contribution in [3.63, 3.8) is 0 Å². The summed E-state index contributed by atoms with van der Waals surface area (Å²) >= 11 is 0. The van der Waals surface area contributed by atoms with Crippen molar-refractivity contribution in [3.05, 3.63) is 0 Å². The molecule has 1 aliphatic carbocycles. The van der Waals surface area contributed by atoms with E-state index in [9.17, 15) is 5.11 Å². The van der Waals surface area contributed by atoms with Crippen LogP contribution in [0.25, 0.3) is 0 Å². The lowest BCUT2D eigenvalue weighted by atomic mass is 9.79. The molecule has 0 heterocycles. The van der Waals surface area contributed by atoms with Crippen molar-refractivity contribution >= 4 is 0 Å². The molecule has 1 N–H and O–H groups in total. The van der Waals surface area contributed by atoms with Crippen LogP contribution < -0.4 is 0 Å². The predicted octanol–water partition coefficient (Wildman–Crippen LogP) is 1.87. The van der Waals surface area contributed by atoms with Crippen LogP contribution in [0.1, 0.15) is 33.1 Å². The molecular formula is C16H32O5. The summed E-state index contributed by atoms with van der Waals surface area (Å²) in [5.41, 5.74) is 0. The fraction of sp³-hybridized carbons (Fsp3) is 1.00. The molecule has 1 saturated carbocycles. The van der Waals surface area contributed by atoms with Crippen LogP contribution in [-0.4, -0.2) is 64.1 Å². The first kappa shape index (κ1) is 18.8. The minimum absolute atomic E-state index is 0.190. The molecule has 0 bridgehead atoms. The van der Waals surface area contributed by atoms with Crippen molar-refractivity contribution in [2.75, 3.05) is 52.9 Å². The zero-order valence-corrected chi connectivity index (χ0v) is 13.6. The van der Waals surface area contributed by atoms with Gasteiger partial charge in [0.1, 0.15) is 0 Å². The van der Waals surface area contributed by atoms with E-state index in [4.69, 9.17) is 18.9 Å². The third-order valence-corrected chi connectivity index (χ3v) is 3.93. The second-order valence-corrected chi connectivity index (χ2v) is 5.53. The quantitative estimate of drug-likeness (QED) is 0.558. The average Bonchev–Trinajstić information content (AvgIpc) is 2.48. The van der Waals surface area contributed by atoms with Crippen LogP contribution in [0.5, 0.6) is 0 Å². The number of aliphatic hydroxyl groups excluding tert-OH is 1. The van der Waals surface area contributed by atoms with Gasteiger partial charge in [-0.2, -0.15) is 0 Å². The molecule has 0 aromatic carbocycles. The smallest absolute Gasteiger partial charge is 0.0700 e. The summed E-state index contributed by atoms with van der Waals surface area (Å²) in [4.78, 5) is 0. The van der Waals surface area contributed by atoms with E-state index in [-0.39, 0.29) is 6.10 Å². The van der Waals surface area contributed by atoms with E-state index >= 15 is 0 Å². The molecule has 5 nitrogen and oxygen atoms in total. The first-order chi connectivity index (χ1) is 10.3. The molecule has 0 spiro atoms. The summed E-state index contributed by atoms with van der Waals surface area (Å²) in [7, 11) is 0. The summed E-state index contributed by atoms with van der Waals surface area (Å²) in [5.74, 6) is 0.851. The fourth-order valence-electron chi connectivity index (χ4n) is 2.72. The third kappa shape index (κ3) is 8.73. The lowest BCUT2D eigenvalue weighted by Crippen LogP contribution is -2.34. The summed E-state index contributed by atoms with van der Waals surface area (Å²) in [6, 6.07) is 0. The van der Waals surface area contributed by atoms with E-state index in [2.05, 4.69) is 0 Å². The van der Waals surface area contributed by atoms with Crippen molar-refractivity contribution < 1.29 is 24.1 Å². The molecule has 3 unspecified atom stereocenters. The third-order valence-electron chi connectivity index (χ3n) is 3.93. The largest absolute Gasteiger partial charge is 0.393 e. The molecule has 21 heavy (non-hydrogen) atoms. The maximum Gasteiger partial charge on any atom is 0.0700 e. The minimum Gasteiger partial charge on any atom is -0.393 e. The van der Waals surface area contributed by atoms with Crippen LogP contribution >= 0.6 is 0 Å². The Labute approximate surface area is 128 Å². The molecule has 1 fully saturated rings. The van der Waals surface area contributed by atoms with Crippen molar-refractivity contribution in [1.29, 1.82) is 0 Å². The van der Waals surface area contributed by atoms with Crippen molar-refractivity contribution in [1.82, 2.24) is 0 Å². The average molecular weight is 304 g/mol. The standard InChI is InChI=1S/C16H32O5/c1-3-18-7-9-20-12-14-5-6-16(17)11-15(14)13-21-10-8-19-4-2/h14-17H,3-13H2,1-2H3. The van der Waals surface area contributed by atoms with E-state index in [1.54, 1.807) is 0 Å². The van der Waals surface area contributed by atoms with Crippen molar-refractivity contribution in [2.24, 2.45) is 11.8 Å². The van der Waals surface area contributed by atoms with Crippen LogP contribution in [0.3, 0.4) is 0 Å². The lowest BCUT2D eigenvalue weighted by molar-refractivity contribution is -0.0367. The Bertz CT molecular complexity index is 237. The van der Waals surface area contributed by atoms with Gasteiger partial charge >= 0.3 is 0 Å². The maximum absolute atomic E-state index is 9.84. The predicted molar refractivity (Wildman–Crippen MR) is 81.5 cm³/mol. The van der Waals surface area contributed by atoms with E-state index in [0.717, 1.165) is 39.1 Å². The first-order valence-corrected chi connectivity index (χ1v) is 8.26. The van der Waals surface area contributed by atoms with E-state index in [1.807, 2.05) is 13.8 Å². The molecule has 0 radical (unpaired) electrons. The van der Waals surface area contributed by atoms with Crippen LogP contribution in [0.15, 0.2) is 0 Å². The summed E-state index contributed by atoms with van der Waals surface area (Å²) in [5, 5.41) is 9.84. The van der Waals surface area contributed by atoms with Gasteiger partial charge in [-0.3, -0.25) is 0 Å². The molecule has 1 aliphatic rings. The Morgan fingerprint density at radius 1 is 0.762 bits per heavy atom. The summed E-state index contributed by atoms with van der Waals surface area (Å²) in [6.45, 7) is 9.40. The van der Waals surface area contributed by atoms with Crippen LogP contribution in [0, 0.1) is 11.8 Å². The van der Waals surface area contributed by atoms with Gasteiger partial charge in [0, 0.05) is 26.4 Å². The van der Waals surface area contributed by atoms with E-state index < -0.39 is 0 Å². The van der Waals surface area contributed by atoms with Gasteiger partial charge < -0.3 is 24.1 Å². The van der Waals surface area contributed by atoms with Gasteiger partial charge in [-0.1, -0.05) is 0 Å². The first-order valence-electron chi connectivity index (χ1n) is 8.26. The topological polar surface area (TPSA) is 57.2 Å². The van der Waals surface area contributed by atoms with Crippen molar-refractivity contribution in [2.45, 2.75) is 39.2 Å². The molecule has 1 rings (SSSR count). The highest BCUT2D eigenvalue weighted by Gasteiger charge is 2.29. The molecular weight excluding hydrogens is 272 g/mol. The lowest BCUT2D eigenvalue weighted by Gasteiger charge is -2.33. The Morgan fingerprint density at radius 3 is 1.86 bits per heavy atom. The SMILES string of the molecule is CCOCCOCC1CCC(O)CC1COCCOCC. The van der Waals surface area contributed by atoms with Gasteiger partial charge in [-0.05, 0) is 44.9 Å². The number of hydrogen-bond donors (Lipinski definition) is 1. The van der Waals surface area contributed by atoms with Crippen molar-refractivity contribution in [3.8, 4) is 0 Å². The molecule has 3 atom stereocenters. The number of ether oxygens (including phenoxy) is 4. The molecule has 0 saturated heterocycles. The van der Waals surface area contributed by atoms with E-state index in [0.29, 0.717) is 44.9 Å². The highest BCUT2D eigenvalue weighted by molar-refractivity contribution is 4.79. The monoisotopic (exact) mass is 304 g/mol. The number of rotatable bonds is 12. The Morgan fingerprint density at radius 2 is 1.29 bits per heavy atom. The Kier molecular flexibility index (Phi) is 11.1. The van der Waals surface area contributed by atoms with Gasteiger partial charge in [-0.15, -0.1) is 0 Å². The van der Waals surface area contributed by atoms with Crippen LogP contribution in [0.4, 0.5) is 0 Å². The van der Waals surface area contributed by atoms with Gasteiger partial charge in [0.05, 0.1) is 32.5 Å².